The van der Waals surface area contributed by atoms with Gasteiger partial charge in [-0.2, -0.15) is 0 Å². The molecule has 3 rings (SSSR count). The van der Waals surface area contributed by atoms with E-state index in [1.165, 1.54) is 9.80 Å². The zero-order chi connectivity index (χ0) is 20.4. The van der Waals surface area contributed by atoms with E-state index in [0.717, 1.165) is 0 Å². The number of rotatable bonds is 1. The molecule has 0 aromatic carbocycles. The van der Waals surface area contributed by atoms with E-state index in [2.05, 4.69) is 15.5 Å². The van der Waals surface area contributed by atoms with Gasteiger partial charge in [0, 0.05) is 30.7 Å². The minimum Gasteiger partial charge on any atom is -0.347 e. The molecule has 0 unspecified atom stereocenters. The summed E-state index contributed by atoms with van der Waals surface area (Å²) in [6.07, 6.45) is -2.88. The van der Waals surface area contributed by atoms with Gasteiger partial charge in [0.15, 0.2) is 16.5 Å². The van der Waals surface area contributed by atoms with Gasteiger partial charge in [-0.3, -0.25) is 9.69 Å². The lowest BCUT2D eigenvalue weighted by Gasteiger charge is -2.55. The smallest absolute Gasteiger partial charge is 0.271 e. The fourth-order valence-corrected chi connectivity index (χ4v) is 4.35. The maximum Gasteiger partial charge on any atom is 0.271 e. The largest absolute Gasteiger partial charge is 0.347 e. The molecule has 2 aliphatic heterocycles. The van der Waals surface area contributed by atoms with Gasteiger partial charge in [-0.05, 0) is 26.2 Å². The second kappa shape index (κ2) is 6.24. The number of halogens is 3. The van der Waals surface area contributed by atoms with E-state index < -0.39 is 28.8 Å². The summed E-state index contributed by atoms with van der Waals surface area (Å²) in [6, 6.07) is 0. The summed E-state index contributed by atoms with van der Waals surface area (Å²) in [5.74, 6) is -0.374. The van der Waals surface area contributed by atoms with E-state index >= 15 is 0 Å². The van der Waals surface area contributed by atoms with Gasteiger partial charge in [0.2, 0.25) is 0 Å². The quantitative estimate of drug-likeness (QED) is 0.783. The van der Waals surface area contributed by atoms with E-state index in [1.807, 2.05) is 20.8 Å². The molecule has 1 aromatic heterocycles. The number of anilines is 2. The molecule has 0 bridgehead atoms. The van der Waals surface area contributed by atoms with Gasteiger partial charge in [-0.25, -0.2) is 8.78 Å². The van der Waals surface area contributed by atoms with Gasteiger partial charge in [0.1, 0.15) is 0 Å². The van der Waals surface area contributed by atoms with Crippen LogP contribution in [-0.2, 0) is 10.2 Å². The van der Waals surface area contributed by atoms with E-state index in [1.54, 1.807) is 20.8 Å². The molecule has 0 saturated carbocycles. The second-order valence-electron chi connectivity index (χ2n) is 9.15. The van der Waals surface area contributed by atoms with Crippen LogP contribution in [0.15, 0.2) is 0 Å². The molecule has 1 aromatic rings. The minimum absolute atomic E-state index is 0.140. The van der Waals surface area contributed by atoms with E-state index in [4.69, 9.17) is 11.6 Å². The van der Waals surface area contributed by atoms with Crippen molar-refractivity contribution in [3.8, 4) is 0 Å². The highest BCUT2D eigenvalue weighted by Gasteiger charge is 2.61. The molecule has 1 fully saturated rings. The van der Waals surface area contributed by atoms with Gasteiger partial charge < -0.3 is 10.2 Å². The third-order valence-electron chi connectivity index (χ3n) is 5.11. The highest BCUT2D eigenvalue weighted by molar-refractivity contribution is 6.31. The van der Waals surface area contributed by atoms with Gasteiger partial charge in [-0.15, -0.1) is 10.2 Å². The number of nitrogens with zero attached hydrogens (tertiary/aromatic N) is 4. The van der Waals surface area contributed by atoms with Crippen molar-refractivity contribution in [2.24, 2.45) is 0 Å². The van der Waals surface area contributed by atoms with Crippen LogP contribution in [0.1, 0.15) is 47.1 Å². The van der Waals surface area contributed by atoms with Crippen LogP contribution in [-0.4, -0.2) is 53.2 Å². The number of hydrogen-bond donors (Lipinski definition) is 1. The summed E-state index contributed by atoms with van der Waals surface area (Å²) in [5, 5.41) is 11.4. The Balaban J connectivity index is 2.43. The van der Waals surface area contributed by atoms with Crippen molar-refractivity contribution in [2.75, 3.05) is 29.4 Å². The van der Waals surface area contributed by atoms with Crippen LogP contribution in [0.5, 0.6) is 0 Å². The number of nitrogens with one attached hydrogen (secondary N) is 1. The molecule has 150 valence electrons. The van der Waals surface area contributed by atoms with Crippen LogP contribution in [0.4, 0.5) is 20.3 Å². The fourth-order valence-electron chi connectivity index (χ4n) is 3.94. The van der Waals surface area contributed by atoms with Crippen molar-refractivity contribution < 1.29 is 13.6 Å². The lowest BCUT2D eigenvalue weighted by atomic mass is 9.81. The van der Waals surface area contributed by atoms with Crippen molar-refractivity contribution in [1.29, 1.82) is 0 Å². The van der Waals surface area contributed by atoms with Crippen molar-refractivity contribution >= 4 is 29.0 Å². The van der Waals surface area contributed by atoms with Crippen molar-refractivity contribution in [3.05, 3.63) is 10.7 Å². The van der Waals surface area contributed by atoms with E-state index in [9.17, 15) is 13.6 Å². The number of aromatic nitrogens is 2. The molecule has 0 radical (unpaired) electrons. The summed E-state index contributed by atoms with van der Waals surface area (Å²) in [6.45, 7) is 11.8. The first-order valence-corrected chi connectivity index (χ1v) is 9.39. The first-order chi connectivity index (χ1) is 12.3. The topological polar surface area (TPSA) is 61.4 Å². The van der Waals surface area contributed by atoms with Crippen LogP contribution in [0.25, 0.3) is 0 Å². The molecule has 2 aliphatic rings. The SMILES string of the molecule is CC(C)(C)c1c(Cl)nnc2c1N1CCNC[C@@]1(C(F)F)C(=O)N2C(C)(C)C. The van der Waals surface area contributed by atoms with Crippen molar-refractivity contribution in [2.45, 2.75) is 64.5 Å². The maximum atomic E-state index is 14.5. The molecule has 0 aliphatic carbocycles. The molecule has 1 saturated heterocycles. The Bertz CT molecular complexity index is 774. The molecule has 1 amide bonds. The van der Waals surface area contributed by atoms with E-state index in [-0.39, 0.29) is 18.2 Å². The highest BCUT2D eigenvalue weighted by Crippen LogP contribution is 2.50. The average Bonchev–Trinajstić information content (AvgIpc) is 2.52. The number of fused-ring (bicyclic) bond motifs is 3. The van der Waals surface area contributed by atoms with Gasteiger partial charge in [-0.1, -0.05) is 32.4 Å². The zero-order valence-electron chi connectivity index (χ0n) is 16.5. The third-order valence-corrected chi connectivity index (χ3v) is 5.38. The average molecular weight is 402 g/mol. The Kier molecular flexibility index (Phi) is 4.67. The number of hydrogen-bond acceptors (Lipinski definition) is 5. The van der Waals surface area contributed by atoms with Gasteiger partial charge >= 0.3 is 0 Å². The summed E-state index contributed by atoms with van der Waals surface area (Å²) in [4.78, 5) is 16.3. The summed E-state index contributed by atoms with van der Waals surface area (Å²) in [5.41, 5.74) is -2.11. The first kappa shape index (κ1) is 20.2. The minimum atomic E-state index is -2.88. The molecule has 1 N–H and O–H groups in total. The number of amides is 1. The number of carbonyl (C=O) groups excluding carboxylic acids is 1. The van der Waals surface area contributed by atoms with Crippen LogP contribution < -0.4 is 15.1 Å². The van der Waals surface area contributed by atoms with Gasteiger partial charge in [0.05, 0.1) is 5.69 Å². The van der Waals surface area contributed by atoms with Crippen LogP contribution in [0.3, 0.4) is 0 Å². The zero-order valence-corrected chi connectivity index (χ0v) is 17.3. The van der Waals surface area contributed by atoms with E-state index in [0.29, 0.717) is 23.6 Å². The van der Waals surface area contributed by atoms with Gasteiger partial charge in [0.25, 0.3) is 12.3 Å². The molecule has 6 nitrogen and oxygen atoms in total. The maximum absolute atomic E-state index is 14.5. The molecule has 0 spiro atoms. The fraction of sp³-hybridized carbons (Fsp3) is 0.722. The predicted octanol–water partition coefficient (Wildman–Crippen LogP) is 2.99. The lowest BCUT2D eigenvalue weighted by molar-refractivity contribution is -0.131. The monoisotopic (exact) mass is 401 g/mol. The molecule has 9 heteroatoms. The lowest BCUT2D eigenvalue weighted by Crippen LogP contribution is -2.76. The molecular formula is C18H26ClF2N5O. The van der Waals surface area contributed by atoms with Crippen LogP contribution in [0, 0.1) is 0 Å². The second-order valence-corrected chi connectivity index (χ2v) is 9.51. The predicted molar refractivity (Wildman–Crippen MR) is 102 cm³/mol. The van der Waals surface area contributed by atoms with Crippen LogP contribution >= 0.6 is 11.6 Å². The summed E-state index contributed by atoms with van der Waals surface area (Å²) < 4.78 is 29.0. The normalized spacial score (nSPS) is 23.6. The Morgan fingerprint density at radius 1 is 1.19 bits per heavy atom. The standard InChI is InChI=1S/C18H26ClF2N5O/c1-16(2,3)10-11-13(24-23-12(10)19)26(17(4,5)6)15(27)18(14(20)21)9-22-7-8-25(11)18/h14,22H,7-9H2,1-6H3/t18-/m1/s1. The Morgan fingerprint density at radius 2 is 1.81 bits per heavy atom. The molecule has 1 atom stereocenters. The Hall–Kier alpha value is -1.54. The van der Waals surface area contributed by atoms with Crippen molar-refractivity contribution in [1.82, 2.24) is 15.5 Å². The number of alkyl halides is 2. The number of carbonyl (C=O) groups is 1. The first-order valence-electron chi connectivity index (χ1n) is 9.01. The number of piperazine rings is 1. The highest BCUT2D eigenvalue weighted by atomic mass is 35.5. The third kappa shape index (κ3) is 2.88. The molecule has 27 heavy (non-hydrogen) atoms. The summed E-state index contributed by atoms with van der Waals surface area (Å²) in [7, 11) is 0. The summed E-state index contributed by atoms with van der Waals surface area (Å²) >= 11 is 6.39. The molecular weight excluding hydrogens is 376 g/mol. The Labute approximate surface area is 163 Å². The van der Waals surface area contributed by atoms with Crippen LogP contribution in [0.2, 0.25) is 5.15 Å². The molecule has 3 heterocycles. The van der Waals surface area contributed by atoms with Crippen molar-refractivity contribution in [3.63, 3.8) is 0 Å². The Morgan fingerprint density at radius 3 is 2.33 bits per heavy atom.